The van der Waals surface area contributed by atoms with Gasteiger partial charge in [0.15, 0.2) is 0 Å². The summed E-state index contributed by atoms with van der Waals surface area (Å²) in [7, 11) is 0. The monoisotopic (exact) mass is 690 g/mol. The highest BCUT2D eigenvalue weighted by Crippen LogP contribution is 2.46. The Balaban J connectivity index is 1.41. The Bertz CT molecular complexity index is 4430. The summed E-state index contributed by atoms with van der Waals surface area (Å²) in [6, 6.07) is -8.87. The zero-order valence-corrected chi connectivity index (χ0v) is 26.6. The van der Waals surface area contributed by atoms with Crippen molar-refractivity contribution in [3.63, 3.8) is 0 Å². The third-order valence-corrected chi connectivity index (χ3v) is 9.92. The van der Waals surface area contributed by atoms with Crippen LogP contribution in [0.5, 0.6) is 0 Å². The topological polar surface area (TPSA) is 9.86 Å². The van der Waals surface area contributed by atoms with Gasteiger partial charge in [-0.3, -0.25) is 0 Å². The lowest BCUT2D eigenvalue weighted by Gasteiger charge is -2.17. The fraction of sp³-hybridized carbons (Fsp3) is 0. The Labute approximate surface area is 332 Å². The Morgan fingerprint density at radius 3 is 1.78 bits per heavy atom. The maximum Gasteiger partial charge on any atom is 0.0652 e. The van der Waals surface area contributed by atoms with Crippen LogP contribution in [0.3, 0.4) is 0 Å². The second kappa shape index (κ2) is 11.0. The predicted octanol–water partition coefficient (Wildman–Crippen LogP) is 13.6. The van der Waals surface area contributed by atoms with Gasteiger partial charge < -0.3 is 9.13 Å². The largest absolute Gasteiger partial charge is 0.309 e. The smallest absolute Gasteiger partial charge is 0.0652 e. The number of rotatable bonds is 4. The average Bonchev–Trinajstić information content (AvgIpc) is 4.14. The number of hydrogen-bond acceptors (Lipinski definition) is 1. The van der Waals surface area contributed by atoms with Gasteiger partial charge in [-0.05, 0) is 71.1 Å². The predicted molar refractivity (Wildman–Crippen MR) is 219 cm³/mol. The number of fused-ring (bicyclic) bond motifs is 9. The third kappa shape index (κ3) is 4.22. The zero-order valence-electron chi connectivity index (χ0n) is 49.8. The summed E-state index contributed by atoms with van der Waals surface area (Å²) in [5.41, 5.74) is -4.44. The number of thiophene rings is 1. The van der Waals surface area contributed by atoms with Crippen LogP contribution in [0.15, 0.2) is 181 Å². The SMILES string of the molecule is [2H]c1c([2H])c([2H])c(-c2c([2H])c([2H])c([2H])c(-c3ccc4sc5ccccc5c4c3-n3c4c([2H])c([2H])c([2H])c([2H])c4c4c([2H])c(-n5c6c([2H])c([2H])c([2H])c([2H])c6c6c([2H])c([2H])c([2H])c([2H])c65)c([2H])c([2H])c43)c2[2H])c([2H])c1[2H]. The standard InChI is InChI=1S/C48H30N2S/c1-2-13-31(14-3-1)32-15-12-16-33(29-32)35-26-28-46-47(39-20-7-11-24-45(39)51-46)48(35)50-43-23-10-6-19-38(43)40-30-34(25-27-44(40)50)49-41-21-8-4-17-36(41)37-18-5-9-22-42(37)49/h1-30H/i1D,2D,3D,4D,5D,6D,8D,9D,10D,12D,13D,14D,15D,16D,17D,18D,19D,21D,22D,23D,25D,27D,29D,30D. The quantitative estimate of drug-likeness (QED) is 0.174. The maximum absolute atomic E-state index is 10.2. The molecule has 3 heteroatoms. The fourth-order valence-corrected chi connectivity index (χ4v) is 7.80. The molecular formula is C48H30N2S. The lowest BCUT2D eigenvalue weighted by molar-refractivity contribution is 1.17. The van der Waals surface area contributed by atoms with E-state index < -0.39 is 211 Å². The van der Waals surface area contributed by atoms with Crippen molar-refractivity contribution in [3.05, 3.63) is 181 Å². The molecule has 2 nitrogen and oxygen atoms in total. The van der Waals surface area contributed by atoms with Crippen LogP contribution in [0.4, 0.5) is 0 Å². The van der Waals surface area contributed by atoms with Crippen molar-refractivity contribution in [2.24, 2.45) is 0 Å². The summed E-state index contributed by atoms with van der Waals surface area (Å²) in [5, 5.41) is -0.877. The molecule has 238 valence electrons. The number of nitrogens with zero attached hydrogens (tertiary/aromatic N) is 2. The fourth-order valence-electron chi connectivity index (χ4n) is 6.70. The zero-order chi connectivity index (χ0) is 54.4. The van der Waals surface area contributed by atoms with Crippen molar-refractivity contribution in [1.82, 2.24) is 9.13 Å². The molecule has 0 saturated carbocycles. The van der Waals surface area contributed by atoms with Crippen LogP contribution in [-0.2, 0) is 0 Å². The van der Waals surface area contributed by atoms with E-state index in [0.29, 0.717) is 14.8 Å². The van der Waals surface area contributed by atoms with E-state index in [1.807, 2.05) is 0 Å². The summed E-state index contributed by atoms with van der Waals surface area (Å²) < 4.78 is 221. The third-order valence-electron chi connectivity index (χ3n) is 8.78. The van der Waals surface area contributed by atoms with Gasteiger partial charge in [-0.1, -0.05) is 127 Å². The average molecular weight is 691 g/mol. The molecule has 0 unspecified atom stereocenters. The minimum absolute atomic E-state index is 0.124. The Morgan fingerprint density at radius 1 is 0.412 bits per heavy atom. The highest BCUT2D eigenvalue weighted by atomic mass is 32.1. The van der Waals surface area contributed by atoms with Crippen molar-refractivity contribution in [1.29, 1.82) is 0 Å². The minimum atomic E-state index is -0.882. The molecule has 0 spiro atoms. The molecule has 11 aromatic rings. The first-order chi connectivity index (χ1) is 35.3. The first kappa shape index (κ1) is 13.7. The molecule has 3 aromatic heterocycles. The lowest BCUT2D eigenvalue weighted by Crippen LogP contribution is -1.99. The minimum Gasteiger partial charge on any atom is -0.309 e. The van der Waals surface area contributed by atoms with Crippen LogP contribution < -0.4 is 0 Å². The maximum atomic E-state index is 10.2. The second-order valence-corrected chi connectivity index (χ2v) is 12.6. The number of benzene rings is 8. The molecule has 8 aromatic carbocycles. The van der Waals surface area contributed by atoms with Gasteiger partial charge in [0.2, 0.25) is 0 Å². The van der Waals surface area contributed by atoms with Gasteiger partial charge in [0.25, 0.3) is 0 Å². The van der Waals surface area contributed by atoms with Crippen LogP contribution in [-0.4, -0.2) is 9.13 Å². The number of hydrogen-bond donors (Lipinski definition) is 0. The molecule has 11 rings (SSSR count). The van der Waals surface area contributed by atoms with Gasteiger partial charge in [0, 0.05) is 53.0 Å². The van der Waals surface area contributed by atoms with E-state index in [-0.39, 0.29) is 16.6 Å². The first-order valence-corrected chi connectivity index (χ1v) is 16.3. The van der Waals surface area contributed by atoms with E-state index in [0.717, 1.165) is 4.57 Å². The van der Waals surface area contributed by atoms with Crippen LogP contribution in [0.2, 0.25) is 0 Å². The van der Waals surface area contributed by atoms with Crippen LogP contribution in [0.25, 0.3) is 97.4 Å². The summed E-state index contributed by atoms with van der Waals surface area (Å²) >= 11 is 1.26. The van der Waals surface area contributed by atoms with E-state index >= 15 is 0 Å². The van der Waals surface area contributed by atoms with Gasteiger partial charge in [-0.2, -0.15) is 0 Å². The molecule has 0 bridgehead atoms. The molecule has 0 aliphatic carbocycles. The van der Waals surface area contributed by atoms with Gasteiger partial charge >= 0.3 is 0 Å². The molecule has 0 aliphatic rings. The molecule has 0 amide bonds. The van der Waals surface area contributed by atoms with E-state index in [1.165, 1.54) is 22.0 Å². The molecule has 0 saturated heterocycles. The molecule has 3 heterocycles. The summed E-state index contributed by atoms with van der Waals surface area (Å²) in [4.78, 5) is 0. The highest BCUT2D eigenvalue weighted by Gasteiger charge is 2.22. The summed E-state index contributed by atoms with van der Waals surface area (Å²) in [6.07, 6.45) is 0. The lowest BCUT2D eigenvalue weighted by atomic mass is 9.96. The molecular weight excluding hydrogens is 637 g/mol. The number of aromatic nitrogens is 2. The molecule has 0 radical (unpaired) electrons. The molecule has 0 aliphatic heterocycles. The normalized spacial score (nSPS) is 18.5. The van der Waals surface area contributed by atoms with E-state index in [2.05, 4.69) is 0 Å². The highest BCUT2D eigenvalue weighted by molar-refractivity contribution is 7.25. The van der Waals surface area contributed by atoms with E-state index in [4.69, 9.17) is 23.3 Å². The molecule has 0 atom stereocenters. The number of para-hydroxylation sites is 3. The summed E-state index contributed by atoms with van der Waals surface area (Å²) in [5.74, 6) is 0. The van der Waals surface area contributed by atoms with E-state index in [9.17, 15) is 9.60 Å². The van der Waals surface area contributed by atoms with Crippen molar-refractivity contribution < 1.29 is 32.9 Å². The molecule has 51 heavy (non-hydrogen) atoms. The Hall–Kier alpha value is -6.42. The summed E-state index contributed by atoms with van der Waals surface area (Å²) in [6.45, 7) is 0. The first-order valence-electron chi connectivity index (χ1n) is 27.5. The molecule has 0 N–H and O–H groups in total. The van der Waals surface area contributed by atoms with Gasteiger partial charge in [-0.25, -0.2) is 0 Å². The van der Waals surface area contributed by atoms with Crippen molar-refractivity contribution >= 4 is 75.1 Å². The Morgan fingerprint density at radius 2 is 1.02 bits per heavy atom. The molecule has 0 fully saturated rings. The second-order valence-electron chi connectivity index (χ2n) is 11.5. The van der Waals surface area contributed by atoms with Crippen LogP contribution >= 0.6 is 11.3 Å². The van der Waals surface area contributed by atoms with Crippen molar-refractivity contribution in [2.75, 3.05) is 0 Å². The van der Waals surface area contributed by atoms with Crippen LogP contribution in [0, 0.1) is 0 Å². The van der Waals surface area contributed by atoms with Crippen molar-refractivity contribution in [3.8, 4) is 33.6 Å². The van der Waals surface area contributed by atoms with Gasteiger partial charge in [0.05, 0.1) is 60.7 Å². The van der Waals surface area contributed by atoms with E-state index in [1.54, 1.807) is 30.3 Å². The van der Waals surface area contributed by atoms with Gasteiger partial charge in [-0.15, -0.1) is 11.3 Å². The Kier molecular flexibility index (Phi) is 2.97. The van der Waals surface area contributed by atoms with Crippen LogP contribution in [0.1, 0.15) is 32.9 Å². The van der Waals surface area contributed by atoms with Crippen molar-refractivity contribution in [2.45, 2.75) is 0 Å². The van der Waals surface area contributed by atoms with Gasteiger partial charge in [0.1, 0.15) is 0 Å².